The van der Waals surface area contributed by atoms with Crippen molar-refractivity contribution in [3.8, 4) is 0 Å². The number of aromatic nitrogens is 1. The first kappa shape index (κ1) is 12.6. The van der Waals surface area contributed by atoms with E-state index in [-0.39, 0.29) is 0 Å². The van der Waals surface area contributed by atoms with Gasteiger partial charge in [0.05, 0.1) is 6.54 Å². The summed E-state index contributed by atoms with van der Waals surface area (Å²) in [5, 5.41) is 6.60. The summed E-state index contributed by atoms with van der Waals surface area (Å²) in [6, 6.07) is 7.72. The molecule has 0 saturated heterocycles. The lowest BCUT2D eigenvalue weighted by Gasteiger charge is -2.08. The van der Waals surface area contributed by atoms with Crippen molar-refractivity contribution in [2.24, 2.45) is 0 Å². The van der Waals surface area contributed by atoms with Crippen molar-refractivity contribution in [2.45, 2.75) is 20.4 Å². The number of hydrogen-bond donors (Lipinski definition) is 2. The Hall–Kier alpha value is -1.88. The lowest BCUT2D eigenvalue weighted by molar-refractivity contribution is 0.478. The van der Waals surface area contributed by atoms with Crippen molar-refractivity contribution >= 4 is 23.1 Å². The normalized spacial score (nSPS) is 10.1. The standard InChI is InChI=1S/C13H15N3OS/c1-9-3-6-12(14-7-9)16-13(18)15-8-11-5-4-10(2)17-11/h3-7H,8H2,1-2H3,(H2,14,15,16,18). The maximum absolute atomic E-state index is 5.43. The SMILES string of the molecule is Cc1ccc(NC(=S)NCc2ccc(C)o2)nc1. The lowest BCUT2D eigenvalue weighted by atomic mass is 10.3. The van der Waals surface area contributed by atoms with Crippen LogP contribution in [-0.4, -0.2) is 10.1 Å². The van der Waals surface area contributed by atoms with Crippen LogP contribution in [0.1, 0.15) is 17.1 Å². The third kappa shape index (κ3) is 3.56. The van der Waals surface area contributed by atoms with Crippen LogP contribution in [0.4, 0.5) is 5.82 Å². The second-order valence-electron chi connectivity index (χ2n) is 4.04. The van der Waals surface area contributed by atoms with E-state index in [1.165, 1.54) is 0 Å². The van der Waals surface area contributed by atoms with Gasteiger partial charge < -0.3 is 15.1 Å². The molecular formula is C13H15N3OS. The Morgan fingerprint density at radius 1 is 1.28 bits per heavy atom. The Labute approximate surface area is 111 Å². The van der Waals surface area contributed by atoms with Crippen molar-refractivity contribution in [2.75, 3.05) is 5.32 Å². The van der Waals surface area contributed by atoms with Gasteiger partial charge in [-0.15, -0.1) is 0 Å². The van der Waals surface area contributed by atoms with E-state index in [9.17, 15) is 0 Å². The number of pyridine rings is 1. The van der Waals surface area contributed by atoms with Gasteiger partial charge in [0.2, 0.25) is 0 Å². The number of thiocarbonyl (C=S) groups is 1. The maximum Gasteiger partial charge on any atom is 0.172 e. The third-order valence-electron chi connectivity index (χ3n) is 2.37. The predicted molar refractivity (Wildman–Crippen MR) is 75.5 cm³/mol. The minimum Gasteiger partial charge on any atom is -0.465 e. The van der Waals surface area contributed by atoms with Gasteiger partial charge in [-0.3, -0.25) is 0 Å². The Balaban J connectivity index is 1.83. The van der Waals surface area contributed by atoms with Crippen LogP contribution >= 0.6 is 12.2 Å². The van der Waals surface area contributed by atoms with Gasteiger partial charge in [-0.25, -0.2) is 4.98 Å². The number of anilines is 1. The summed E-state index contributed by atoms with van der Waals surface area (Å²) < 4.78 is 5.43. The molecule has 0 saturated carbocycles. The molecule has 2 aromatic rings. The first-order valence-electron chi connectivity index (χ1n) is 5.66. The molecule has 5 heteroatoms. The van der Waals surface area contributed by atoms with E-state index < -0.39 is 0 Å². The van der Waals surface area contributed by atoms with Crippen LogP contribution in [0.25, 0.3) is 0 Å². The van der Waals surface area contributed by atoms with Crippen LogP contribution in [0.5, 0.6) is 0 Å². The number of aryl methyl sites for hydroxylation is 2. The fraction of sp³-hybridized carbons (Fsp3) is 0.231. The fourth-order valence-electron chi connectivity index (χ4n) is 1.45. The molecule has 4 nitrogen and oxygen atoms in total. The smallest absolute Gasteiger partial charge is 0.172 e. The van der Waals surface area contributed by atoms with Gasteiger partial charge in [-0.1, -0.05) is 6.07 Å². The molecule has 0 radical (unpaired) electrons. The summed E-state index contributed by atoms with van der Waals surface area (Å²) in [6.45, 7) is 4.47. The van der Waals surface area contributed by atoms with Crippen molar-refractivity contribution in [1.29, 1.82) is 0 Å². The number of furan rings is 1. The highest BCUT2D eigenvalue weighted by Gasteiger charge is 2.01. The quantitative estimate of drug-likeness (QED) is 0.832. The Morgan fingerprint density at radius 2 is 2.11 bits per heavy atom. The van der Waals surface area contributed by atoms with Crippen LogP contribution in [0.2, 0.25) is 0 Å². The first-order chi connectivity index (χ1) is 8.63. The molecule has 2 rings (SSSR count). The molecule has 18 heavy (non-hydrogen) atoms. The molecule has 94 valence electrons. The van der Waals surface area contributed by atoms with Gasteiger partial charge in [-0.2, -0.15) is 0 Å². The molecule has 0 bridgehead atoms. The van der Waals surface area contributed by atoms with Gasteiger partial charge in [0.15, 0.2) is 5.11 Å². The van der Waals surface area contributed by atoms with E-state index >= 15 is 0 Å². The number of nitrogens with one attached hydrogen (secondary N) is 2. The zero-order valence-electron chi connectivity index (χ0n) is 10.4. The van der Waals surface area contributed by atoms with Crippen molar-refractivity contribution in [3.63, 3.8) is 0 Å². The molecule has 2 heterocycles. The second kappa shape index (κ2) is 5.64. The van der Waals surface area contributed by atoms with Gasteiger partial charge in [0.1, 0.15) is 17.3 Å². The summed E-state index contributed by atoms with van der Waals surface area (Å²) in [4.78, 5) is 4.22. The highest BCUT2D eigenvalue weighted by Crippen LogP contribution is 2.06. The molecule has 0 fully saturated rings. The van der Waals surface area contributed by atoms with E-state index in [1.54, 1.807) is 6.20 Å². The molecule has 0 aliphatic carbocycles. The molecule has 0 unspecified atom stereocenters. The van der Waals surface area contributed by atoms with E-state index in [2.05, 4.69) is 15.6 Å². The Bertz CT molecular complexity index is 533. The first-order valence-corrected chi connectivity index (χ1v) is 6.07. The molecule has 0 atom stereocenters. The van der Waals surface area contributed by atoms with Gasteiger partial charge >= 0.3 is 0 Å². The van der Waals surface area contributed by atoms with Crippen molar-refractivity contribution in [1.82, 2.24) is 10.3 Å². The zero-order chi connectivity index (χ0) is 13.0. The van der Waals surface area contributed by atoms with Gasteiger partial charge in [0, 0.05) is 6.20 Å². The molecule has 0 aliphatic rings. The topological polar surface area (TPSA) is 50.1 Å². The van der Waals surface area contributed by atoms with E-state index in [1.807, 2.05) is 38.1 Å². The summed E-state index contributed by atoms with van der Waals surface area (Å²) >= 11 is 5.17. The Morgan fingerprint density at radius 3 is 2.72 bits per heavy atom. The van der Waals surface area contributed by atoms with E-state index in [0.29, 0.717) is 11.7 Å². The summed E-state index contributed by atoms with van der Waals surface area (Å²) in [5.74, 6) is 2.48. The molecule has 0 amide bonds. The largest absolute Gasteiger partial charge is 0.465 e. The predicted octanol–water partition coefficient (Wildman–Crippen LogP) is 2.78. The molecule has 2 aromatic heterocycles. The van der Waals surface area contributed by atoms with E-state index in [0.717, 1.165) is 22.9 Å². The summed E-state index contributed by atoms with van der Waals surface area (Å²) in [5.41, 5.74) is 1.12. The maximum atomic E-state index is 5.43. The molecule has 0 aliphatic heterocycles. The molecule has 0 aromatic carbocycles. The average molecular weight is 261 g/mol. The van der Waals surface area contributed by atoms with Crippen LogP contribution in [0, 0.1) is 13.8 Å². The number of nitrogens with zero attached hydrogens (tertiary/aromatic N) is 1. The van der Waals surface area contributed by atoms with E-state index in [4.69, 9.17) is 16.6 Å². The minimum atomic E-state index is 0.528. The second-order valence-corrected chi connectivity index (χ2v) is 4.45. The highest BCUT2D eigenvalue weighted by atomic mass is 32.1. The van der Waals surface area contributed by atoms with Crippen LogP contribution in [-0.2, 0) is 6.54 Å². The zero-order valence-corrected chi connectivity index (χ0v) is 11.2. The molecular weight excluding hydrogens is 246 g/mol. The minimum absolute atomic E-state index is 0.528. The van der Waals surface area contributed by atoms with Crippen LogP contribution < -0.4 is 10.6 Å². The highest BCUT2D eigenvalue weighted by molar-refractivity contribution is 7.80. The average Bonchev–Trinajstić information content (AvgIpc) is 2.76. The van der Waals surface area contributed by atoms with Crippen LogP contribution in [0.15, 0.2) is 34.9 Å². The summed E-state index contributed by atoms with van der Waals surface area (Å²) in [7, 11) is 0. The lowest BCUT2D eigenvalue weighted by Crippen LogP contribution is -2.28. The van der Waals surface area contributed by atoms with Gasteiger partial charge in [-0.05, 0) is 49.8 Å². The third-order valence-corrected chi connectivity index (χ3v) is 2.62. The fourth-order valence-corrected chi connectivity index (χ4v) is 1.63. The number of hydrogen-bond acceptors (Lipinski definition) is 3. The monoisotopic (exact) mass is 261 g/mol. The van der Waals surface area contributed by atoms with Crippen molar-refractivity contribution in [3.05, 3.63) is 47.5 Å². The van der Waals surface area contributed by atoms with Crippen LogP contribution in [0.3, 0.4) is 0 Å². The molecule has 2 N–H and O–H groups in total. The number of rotatable bonds is 3. The summed E-state index contributed by atoms with van der Waals surface area (Å²) in [6.07, 6.45) is 1.79. The van der Waals surface area contributed by atoms with Gasteiger partial charge in [0.25, 0.3) is 0 Å². The molecule has 0 spiro atoms. The van der Waals surface area contributed by atoms with Crippen molar-refractivity contribution < 1.29 is 4.42 Å². The Kier molecular flexibility index (Phi) is 3.94.